The highest BCUT2D eigenvalue weighted by atomic mass is 32.2. The van der Waals surface area contributed by atoms with Crippen LogP contribution in [-0.2, 0) is 4.79 Å². The van der Waals surface area contributed by atoms with Crippen molar-refractivity contribution in [1.29, 1.82) is 0 Å². The smallest absolute Gasteiger partial charge is 0.230 e. The molecule has 5 heteroatoms. The Kier molecular flexibility index (Phi) is 4.36. The second-order valence-corrected chi connectivity index (χ2v) is 5.28. The first kappa shape index (κ1) is 13.1. The lowest BCUT2D eigenvalue weighted by atomic mass is 10.3. The van der Waals surface area contributed by atoms with E-state index in [4.69, 9.17) is 10.5 Å². The normalized spacial score (nSPS) is 14.3. The highest BCUT2D eigenvalue weighted by Crippen LogP contribution is 2.29. The number of nitrogen functional groups attached to an aromatic ring is 1. The fraction of sp³-hybridized carbons (Fsp3) is 0.462. The molecule has 0 aromatic heterocycles. The van der Waals surface area contributed by atoms with Gasteiger partial charge in [-0.25, -0.2) is 0 Å². The van der Waals surface area contributed by atoms with Crippen LogP contribution in [-0.4, -0.2) is 24.3 Å². The number of carbonyl (C=O) groups is 1. The van der Waals surface area contributed by atoms with Crippen LogP contribution in [0.4, 0.5) is 5.69 Å². The van der Waals surface area contributed by atoms with Crippen molar-refractivity contribution in [2.75, 3.05) is 18.1 Å². The second-order valence-electron chi connectivity index (χ2n) is 4.26. The summed E-state index contributed by atoms with van der Waals surface area (Å²) in [5, 5.41) is 2.95. The largest absolute Gasteiger partial charge is 0.494 e. The van der Waals surface area contributed by atoms with Crippen LogP contribution < -0.4 is 15.8 Å². The van der Waals surface area contributed by atoms with E-state index in [2.05, 4.69) is 5.32 Å². The summed E-state index contributed by atoms with van der Waals surface area (Å²) in [5.74, 6) is 1.26. The Bertz CT molecular complexity index is 433. The van der Waals surface area contributed by atoms with Gasteiger partial charge in [-0.05, 0) is 38.0 Å². The first-order valence-corrected chi connectivity index (χ1v) is 7.12. The minimum Gasteiger partial charge on any atom is -0.494 e. The van der Waals surface area contributed by atoms with Gasteiger partial charge < -0.3 is 15.8 Å². The first-order chi connectivity index (χ1) is 8.69. The number of anilines is 1. The molecule has 0 atom stereocenters. The maximum absolute atomic E-state index is 11.6. The predicted octanol–water partition coefficient (Wildman–Crippen LogP) is 2.04. The molecule has 4 nitrogen and oxygen atoms in total. The number of hydrogen-bond acceptors (Lipinski definition) is 4. The minimum atomic E-state index is 0.0729. The number of nitrogens with one attached hydrogen (secondary N) is 1. The van der Waals surface area contributed by atoms with E-state index in [1.807, 2.05) is 25.1 Å². The van der Waals surface area contributed by atoms with E-state index in [1.165, 1.54) is 11.8 Å². The second kappa shape index (κ2) is 6.00. The molecule has 0 bridgehead atoms. The number of nitrogens with two attached hydrogens (primary N) is 1. The van der Waals surface area contributed by atoms with Crippen LogP contribution in [0.2, 0.25) is 0 Å². The summed E-state index contributed by atoms with van der Waals surface area (Å²) < 4.78 is 5.41. The third-order valence-electron chi connectivity index (χ3n) is 2.60. The van der Waals surface area contributed by atoms with Gasteiger partial charge >= 0.3 is 0 Å². The summed E-state index contributed by atoms with van der Waals surface area (Å²) in [5.41, 5.74) is 6.56. The molecule has 1 fully saturated rings. The van der Waals surface area contributed by atoms with Gasteiger partial charge in [0.1, 0.15) is 5.75 Å². The Morgan fingerprint density at radius 1 is 1.56 bits per heavy atom. The number of carbonyl (C=O) groups excluding carboxylic acids is 1. The molecule has 0 aliphatic heterocycles. The SMILES string of the molecule is CCOc1ccc(N)c(SCC(=O)NC2CC2)c1. The van der Waals surface area contributed by atoms with Crippen LogP contribution in [0.15, 0.2) is 23.1 Å². The highest BCUT2D eigenvalue weighted by molar-refractivity contribution is 8.00. The van der Waals surface area contributed by atoms with E-state index in [1.54, 1.807) is 0 Å². The number of thioether (sulfide) groups is 1. The summed E-state index contributed by atoms with van der Waals surface area (Å²) in [6.45, 7) is 2.56. The zero-order valence-electron chi connectivity index (χ0n) is 10.4. The molecule has 3 N–H and O–H groups in total. The van der Waals surface area contributed by atoms with E-state index in [9.17, 15) is 4.79 Å². The van der Waals surface area contributed by atoms with Gasteiger partial charge in [-0.15, -0.1) is 11.8 Å². The van der Waals surface area contributed by atoms with Crippen LogP contribution in [0.5, 0.6) is 5.75 Å². The molecule has 0 radical (unpaired) electrons. The zero-order valence-corrected chi connectivity index (χ0v) is 11.3. The molecular formula is C13H18N2O2S. The van der Waals surface area contributed by atoms with Crippen LogP contribution in [0.3, 0.4) is 0 Å². The summed E-state index contributed by atoms with van der Waals surface area (Å²) in [7, 11) is 0. The molecule has 1 aliphatic rings. The lowest BCUT2D eigenvalue weighted by molar-refractivity contribution is -0.118. The molecule has 0 heterocycles. The van der Waals surface area contributed by atoms with Gasteiger partial charge in [-0.1, -0.05) is 0 Å². The average Bonchev–Trinajstić information content (AvgIpc) is 3.14. The molecule has 2 rings (SSSR count). The number of hydrogen-bond donors (Lipinski definition) is 2. The predicted molar refractivity (Wildman–Crippen MR) is 73.9 cm³/mol. The lowest BCUT2D eigenvalue weighted by Crippen LogP contribution is -2.27. The highest BCUT2D eigenvalue weighted by Gasteiger charge is 2.23. The molecule has 1 aromatic carbocycles. The van der Waals surface area contributed by atoms with Crippen molar-refractivity contribution < 1.29 is 9.53 Å². The van der Waals surface area contributed by atoms with Crippen LogP contribution in [0.25, 0.3) is 0 Å². The number of amides is 1. The minimum absolute atomic E-state index is 0.0729. The molecule has 0 saturated heterocycles. The van der Waals surface area contributed by atoms with Crippen molar-refractivity contribution in [3.8, 4) is 5.75 Å². The lowest BCUT2D eigenvalue weighted by Gasteiger charge is -2.09. The summed E-state index contributed by atoms with van der Waals surface area (Å²) in [4.78, 5) is 12.5. The van der Waals surface area contributed by atoms with E-state index >= 15 is 0 Å². The van der Waals surface area contributed by atoms with Gasteiger partial charge in [0.2, 0.25) is 5.91 Å². The number of ether oxygens (including phenoxy) is 1. The molecule has 0 spiro atoms. The fourth-order valence-corrected chi connectivity index (χ4v) is 2.34. The third-order valence-corrected chi connectivity index (χ3v) is 3.67. The standard InChI is InChI=1S/C13H18N2O2S/c1-2-17-10-5-6-11(14)12(7-10)18-8-13(16)15-9-3-4-9/h5-7,9H,2-4,8,14H2,1H3,(H,15,16). The van der Waals surface area contributed by atoms with Crippen molar-refractivity contribution in [1.82, 2.24) is 5.32 Å². The Morgan fingerprint density at radius 2 is 2.33 bits per heavy atom. The maximum Gasteiger partial charge on any atom is 0.230 e. The van der Waals surface area contributed by atoms with Crippen molar-refractivity contribution in [3.05, 3.63) is 18.2 Å². The van der Waals surface area contributed by atoms with Gasteiger partial charge in [0.05, 0.1) is 12.4 Å². The van der Waals surface area contributed by atoms with Crippen LogP contribution in [0, 0.1) is 0 Å². The quantitative estimate of drug-likeness (QED) is 0.611. The molecule has 98 valence electrons. The van der Waals surface area contributed by atoms with Gasteiger partial charge in [-0.2, -0.15) is 0 Å². The Morgan fingerprint density at radius 3 is 3.00 bits per heavy atom. The Labute approximate surface area is 111 Å². The topological polar surface area (TPSA) is 64.3 Å². The fourth-order valence-electron chi connectivity index (χ4n) is 1.54. The van der Waals surface area contributed by atoms with E-state index < -0.39 is 0 Å². The van der Waals surface area contributed by atoms with E-state index in [0.29, 0.717) is 24.1 Å². The number of rotatable bonds is 6. The Hall–Kier alpha value is -1.36. The van der Waals surface area contributed by atoms with E-state index in [0.717, 1.165) is 23.5 Å². The monoisotopic (exact) mass is 266 g/mol. The van der Waals surface area contributed by atoms with Gasteiger partial charge in [-0.3, -0.25) is 4.79 Å². The first-order valence-electron chi connectivity index (χ1n) is 6.13. The van der Waals surface area contributed by atoms with Gasteiger partial charge in [0.25, 0.3) is 0 Å². The summed E-state index contributed by atoms with van der Waals surface area (Å²) in [6.07, 6.45) is 2.22. The van der Waals surface area contributed by atoms with Crippen LogP contribution >= 0.6 is 11.8 Å². The molecule has 18 heavy (non-hydrogen) atoms. The summed E-state index contributed by atoms with van der Waals surface area (Å²) in [6, 6.07) is 5.94. The van der Waals surface area contributed by atoms with Crippen molar-refractivity contribution in [3.63, 3.8) is 0 Å². The average molecular weight is 266 g/mol. The Balaban J connectivity index is 1.90. The van der Waals surface area contributed by atoms with Crippen molar-refractivity contribution >= 4 is 23.4 Å². The molecular weight excluding hydrogens is 248 g/mol. The summed E-state index contributed by atoms with van der Waals surface area (Å²) >= 11 is 1.45. The third kappa shape index (κ3) is 3.84. The molecule has 1 aliphatic carbocycles. The molecule has 1 saturated carbocycles. The van der Waals surface area contributed by atoms with Crippen molar-refractivity contribution in [2.45, 2.75) is 30.7 Å². The van der Waals surface area contributed by atoms with Gasteiger partial charge in [0.15, 0.2) is 0 Å². The molecule has 1 aromatic rings. The van der Waals surface area contributed by atoms with Gasteiger partial charge in [0, 0.05) is 16.6 Å². The number of benzene rings is 1. The molecule has 0 unspecified atom stereocenters. The zero-order chi connectivity index (χ0) is 13.0. The van der Waals surface area contributed by atoms with Crippen LogP contribution in [0.1, 0.15) is 19.8 Å². The molecule has 1 amide bonds. The maximum atomic E-state index is 11.6. The van der Waals surface area contributed by atoms with Crippen molar-refractivity contribution in [2.24, 2.45) is 0 Å². The van der Waals surface area contributed by atoms with E-state index in [-0.39, 0.29) is 5.91 Å².